The lowest BCUT2D eigenvalue weighted by atomic mass is 9.98. The van der Waals surface area contributed by atoms with Crippen LogP contribution in [0.2, 0.25) is 0 Å². The number of halogens is 3. The first-order valence-corrected chi connectivity index (χ1v) is 9.64. The number of ether oxygens (including phenoxy) is 1. The summed E-state index contributed by atoms with van der Waals surface area (Å²) in [5.41, 5.74) is 8.69. The zero-order chi connectivity index (χ0) is 23.5. The highest BCUT2D eigenvalue weighted by Gasteiger charge is 2.44. The minimum Gasteiger partial charge on any atom is -0.497 e. The van der Waals surface area contributed by atoms with Gasteiger partial charge in [-0.2, -0.15) is 18.2 Å². The lowest BCUT2D eigenvalue weighted by Crippen LogP contribution is -2.57. The van der Waals surface area contributed by atoms with Gasteiger partial charge in [0.15, 0.2) is 6.29 Å². The molecule has 170 valence electrons. The van der Waals surface area contributed by atoms with Crippen LogP contribution in [0.3, 0.4) is 0 Å². The maximum Gasteiger partial charge on any atom is 0.493 e. The molecule has 0 aliphatic carbocycles. The van der Waals surface area contributed by atoms with Crippen LogP contribution in [0, 0.1) is 0 Å². The van der Waals surface area contributed by atoms with Crippen LogP contribution in [0.15, 0.2) is 60.3 Å². The largest absolute Gasteiger partial charge is 0.497 e. The van der Waals surface area contributed by atoms with E-state index >= 15 is 0 Å². The number of nitrogens with zero attached hydrogens (tertiary/aromatic N) is 2. The van der Waals surface area contributed by atoms with Crippen LogP contribution in [0.4, 0.5) is 13.2 Å². The van der Waals surface area contributed by atoms with Crippen molar-refractivity contribution in [3.05, 3.63) is 65.9 Å². The van der Waals surface area contributed by atoms with Crippen LogP contribution < -0.4 is 10.5 Å². The van der Waals surface area contributed by atoms with Crippen LogP contribution in [-0.4, -0.2) is 48.5 Å². The fraction of sp³-hybridized carbons (Fsp3) is 0.273. The fourth-order valence-corrected chi connectivity index (χ4v) is 3.19. The van der Waals surface area contributed by atoms with E-state index in [1.807, 2.05) is 48.5 Å². The Morgan fingerprint density at radius 1 is 1.09 bits per heavy atom. The molecule has 1 heterocycles. The minimum atomic E-state index is -5.19. The van der Waals surface area contributed by atoms with Gasteiger partial charge in [-0.25, -0.2) is 4.79 Å². The van der Waals surface area contributed by atoms with E-state index in [0.29, 0.717) is 11.5 Å². The number of hydrogen-bond donors (Lipinski definition) is 1. The van der Waals surface area contributed by atoms with Gasteiger partial charge in [-0.1, -0.05) is 36.4 Å². The van der Waals surface area contributed by atoms with E-state index in [-0.39, 0.29) is 12.0 Å². The Morgan fingerprint density at radius 3 is 2.41 bits per heavy atom. The zero-order valence-corrected chi connectivity index (χ0v) is 17.4. The molecule has 7 nitrogen and oxygen atoms in total. The Hall–Kier alpha value is -3.53. The number of amides is 1. The lowest BCUT2D eigenvalue weighted by Gasteiger charge is -2.37. The van der Waals surface area contributed by atoms with Gasteiger partial charge in [0.25, 0.3) is 5.91 Å². The second kappa shape index (κ2) is 9.31. The third-order valence-electron chi connectivity index (χ3n) is 4.97. The molecule has 2 N–H and O–H groups in total. The summed E-state index contributed by atoms with van der Waals surface area (Å²) in [6, 6.07) is 15.2. The van der Waals surface area contributed by atoms with Crippen LogP contribution >= 0.6 is 0 Å². The van der Waals surface area contributed by atoms with Crippen LogP contribution in [-0.2, 0) is 20.8 Å². The molecule has 0 aromatic heterocycles. The van der Waals surface area contributed by atoms with Crippen molar-refractivity contribution in [2.45, 2.75) is 25.3 Å². The molecule has 0 bridgehead atoms. The standard InChI is InChI=1S/C22H22F3N3O4/c1-27-19(29)17(13-28(21(27)26)32-20(30)22(23,24)25)10-9-14-5-3-6-15(11-14)16-7-4-8-18(12-16)31-2/h3-8,11-13,21H,9-10,26H2,1-2H3. The summed E-state index contributed by atoms with van der Waals surface area (Å²) >= 11 is 0. The summed E-state index contributed by atoms with van der Waals surface area (Å²) in [5, 5.41) is 0.541. The van der Waals surface area contributed by atoms with E-state index in [1.54, 1.807) is 7.11 Å². The summed E-state index contributed by atoms with van der Waals surface area (Å²) in [4.78, 5) is 29.0. The molecule has 2 aromatic carbocycles. The van der Waals surface area contributed by atoms with Crippen molar-refractivity contribution in [3.8, 4) is 16.9 Å². The number of rotatable bonds is 6. The third kappa shape index (κ3) is 5.20. The second-order valence-electron chi connectivity index (χ2n) is 7.15. The minimum absolute atomic E-state index is 0.163. The van der Waals surface area contributed by atoms with Crippen molar-refractivity contribution in [1.29, 1.82) is 0 Å². The quantitative estimate of drug-likeness (QED) is 0.729. The van der Waals surface area contributed by atoms with E-state index in [4.69, 9.17) is 10.5 Å². The molecule has 32 heavy (non-hydrogen) atoms. The first kappa shape index (κ1) is 23.1. The summed E-state index contributed by atoms with van der Waals surface area (Å²) < 4.78 is 42.9. The van der Waals surface area contributed by atoms with Crippen molar-refractivity contribution in [2.75, 3.05) is 14.2 Å². The number of benzene rings is 2. The maximum atomic E-state index is 12.5. The van der Waals surface area contributed by atoms with Gasteiger partial charge in [0.2, 0.25) is 0 Å². The molecule has 0 saturated heterocycles. The molecule has 10 heteroatoms. The average molecular weight is 449 g/mol. The number of aryl methyl sites for hydroxylation is 1. The van der Waals surface area contributed by atoms with Gasteiger partial charge in [0.1, 0.15) is 5.75 Å². The Balaban J connectivity index is 1.76. The Kier molecular flexibility index (Phi) is 6.73. The molecule has 0 fully saturated rings. The number of carbonyl (C=O) groups is 2. The number of methoxy groups -OCH3 is 1. The molecule has 1 aliphatic heterocycles. The van der Waals surface area contributed by atoms with E-state index in [2.05, 4.69) is 4.84 Å². The number of likely N-dealkylation sites (N-methyl/N-ethyl adjacent to an activating group) is 1. The smallest absolute Gasteiger partial charge is 0.493 e. The fourth-order valence-electron chi connectivity index (χ4n) is 3.19. The topological polar surface area (TPSA) is 85.1 Å². The number of hydrogen-bond acceptors (Lipinski definition) is 6. The van der Waals surface area contributed by atoms with Gasteiger partial charge in [0, 0.05) is 12.6 Å². The highest BCUT2D eigenvalue weighted by Crippen LogP contribution is 2.26. The molecule has 1 aliphatic rings. The maximum absolute atomic E-state index is 12.5. The van der Waals surface area contributed by atoms with Gasteiger partial charge >= 0.3 is 12.1 Å². The Bertz CT molecular complexity index is 1040. The Morgan fingerprint density at radius 2 is 1.75 bits per heavy atom. The van der Waals surface area contributed by atoms with Crippen molar-refractivity contribution in [1.82, 2.24) is 9.96 Å². The van der Waals surface area contributed by atoms with E-state index in [1.165, 1.54) is 7.05 Å². The number of carbonyl (C=O) groups excluding carboxylic acids is 2. The molecular formula is C22H22F3N3O4. The Labute approximate surface area is 182 Å². The first-order chi connectivity index (χ1) is 15.1. The number of hydroxylamine groups is 2. The van der Waals surface area contributed by atoms with Crippen molar-refractivity contribution in [3.63, 3.8) is 0 Å². The van der Waals surface area contributed by atoms with Crippen molar-refractivity contribution in [2.24, 2.45) is 5.73 Å². The summed E-state index contributed by atoms with van der Waals surface area (Å²) in [6.45, 7) is 0. The highest BCUT2D eigenvalue weighted by atomic mass is 19.4. The second-order valence-corrected chi connectivity index (χ2v) is 7.15. The van der Waals surface area contributed by atoms with Crippen molar-refractivity contribution >= 4 is 11.9 Å². The average Bonchev–Trinajstić information content (AvgIpc) is 2.78. The van der Waals surface area contributed by atoms with Crippen LogP contribution in [0.1, 0.15) is 12.0 Å². The number of nitrogens with two attached hydrogens (primary N) is 1. The molecular weight excluding hydrogens is 427 g/mol. The van der Waals surface area contributed by atoms with E-state index in [9.17, 15) is 22.8 Å². The van der Waals surface area contributed by atoms with Gasteiger partial charge in [0.05, 0.1) is 13.3 Å². The van der Waals surface area contributed by atoms with Crippen LogP contribution in [0.5, 0.6) is 5.75 Å². The molecule has 0 spiro atoms. The van der Waals surface area contributed by atoms with Gasteiger partial charge in [-0.15, -0.1) is 0 Å². The summed E-state index contributed by atoms with van der Waals surface area (Å²) in [5.74, 6) is -2.16. The third-order valence-corrected chi connectivity index (χ3v) is 4.97. The number of alkyl halides is 3. The molecule has 0 saturated carbocycles. The van der Waals surface area contributed by atoms with Gasteiger partial charge in [-0.05, 0) is 41.7 Å². The van der Waals surface area contributed by atoms with Crippen LogP contribution in [0.25, 0.3) is 11.1 Å². The normalized spacial score (nSPS) is 16.6. The molecule has 3 rings (SSSR count). The van der Waals surface area contributed by atoms with E-state index in [0.717, 1.165) is 33.5 Å². The molecule has 1 atom stereocenters. The SMILES string of the molecule is COc1cccc(-c2cccc(CCC3=CN(OC(=O)C(F)(F)F)C(N)N(C)C3=O)c2)c1. The molecule has 1 unspecified atom stereocenters. The predicted molar refractivity (Wildman–Crippen MR) is 110 cm³/mol. The molecule has 0 radical (unpaired) electrons. The summed E-state index contributed by atoms with van der Waals surface area (Å²) in [6.07, 6.45) is -4.87. The first-order valence-electron chi connectivity index (χ1n) is 9.64. The van der Waals surface area contributed by atoms with Gasteiger partial charge < -0.3 is 14.5 Å². The zero-order valence-electron chi connectivity index (χ0n) is 17.4. The van der Waals surface area contributed by atoms with Gasteiger partial charge in [-0.3, -0.25) is 10.5 Å². The molecule has 2 aromatic rings. The molecule has 1 amide bonds. The predicted octanol–water partition coefficient (Wildman–Crippen LogP) is 3.22. The lowest BCUT2D eigenvalue weighted by molar-refractivity contribution is -0.244. The van der Waals surface area contributed by atoms with E-state index < -0.39 is 24.3 Å². The summed E-state index contributed by atoms with van der Waals surface area (Å²) in [7, 11) is 2.90. The highest BCUT2D eigenvalue weighted by molar-refractivity contribution is 5.94. The monoisotopic (exact) mass is 449 g/mol. The van der Waals surface area contributed by atoms with Crippen molar-refractivity contribution < 1.29 is 32.3 Å².